The number of hydrogen-bond donors (Lipinski definition) is 0. The first-order chi connectivity index (χ1) is 27.3. The summed E-state index contributed by atoms with van der Waals surface area (Å²) in [5.41, 5.74) is 11.4. The van der Waals surface area contributed by atoms with Crippen molar-refractivity contribution in [2.75, 3.05) is 9.80 Å². The molecule has 10 aromatic rings. The van der Waals surface area contributed by atoms with Gasteiger partial charge in [0.05, 0.1) is 5.69 Å². The predicted octanol–water partition coefficient (Wildman–Crippen LogP) is 15.5. The van der Waals surface area contributed by atoms with Crippen molar-refractivity contribution in [3.8, 4) is 22.3 Å². The minimum atomic E-state index is 1.09. The zero-order chi connectivity index (χ0) is 36.6. The van der Waals surface area contributed by atoms with Crippen LogP contribution in [0.3, 0.4) is 0 Å². The molecule has 0 aliphatic carbocycles. The Balaban J connectivity index is 1.27. The SMILES string of the molecule is c1ccc(-c2cccc(N(c3ccccc3)c3cc(N(c4ccccc4)c4cccc(-c5ccccc5)c4)c4c(c3)sc3cc5ccccc5cc34)c2)cc1. The van der Waals surface area contributed by atoms with Crippen LogP contribution in [0, 0.1) is 0 Å². The maximum atomic E-state index is 2.45. The highest BCUT2D eigenvalue weighted by Gasteiger charge is 2.23. The van der Waals surface area contributed by atoms with E-state index in [1.165, 1.54) is 53.2 Å². The van der Waals surface area contributed by atoms with E-state index in [0.29, 0.717) is 0 Å². The van der Waals surface area contributed by atoms with Crippen molar-refractivity contribution in [2.45, 2.75) is 0 Å². The van der Waals surface area contributed by atoms with Gasteiger partial charge in [0.1, 0.15) is 0 Å². The summed E-state index contributed by atoms with van der Waals surface area (Å²) in [5.74, 6) is 0. The average Bonchev–Trinajstić information content (AvgIpc) is 3.62. The van der Waals surface area contributed by atoms with E-state index in [0.717, 1.165) is 34.1 Å². The molecular formula is C52H36N2S. The molecule has 2 nitrogen and oxygen atoms in total. The minimum Gasteiger partial charge on any atom is -0.310 e. The molecule has 260 valence electrons. The maximum Gasteiger partial charge on any atom is 0.0575 e. The molecule has 0 saturated heterocycles. The number of fused-ring (bicyclic) bond motifs is 4. The molecule has 0 atom stereocenters. The molecule has 9 aromatic carbocycles. The lowest BCUT2D eigenvalue weighted by atomic mass is 10.0. The van der Waals surface area contributed by atoms with Crippen LogP contribution in [0.1, 0.15) is 0 Å². The summed E-state index contributed by atoms with van der Waals surface area (Å²) in [6.45, 7) is 0. The van der Waals surface area contributed by atoms with Crippen molar-refractivity contribution in [2.24, 2.45) is 0 Å². The number of rotatable bonds is 8. The van der Waals surface area contributed by atoms with E-state index < -0.39 is 0 Å². The molecule has 0 amide bonds. The van der Waals surface area contributed by atoms with Crippen molar-refractivity contribution < 1.29 is 0 Å². The molecule has 1 aromatic heterocycles. The summed E-state index contributed by atoms with van der Waals surface area (Å²) in [6.07, 6.45) is 0. The number of anilines is 6. The van der Waals surface area contributed by atoms with E-state index >= 15 is 0 Å². The lowest BCUT2D eigenvalue weighted by Gasteiger charge is -2.30. The zero-order valence-electron chi connectivity index (χ0n) is 30.1. The van der Waals surface area contributed by atoms with Gasteiger partial charge in [0.25, 0.3) is 0 Å². The van der Waals surface area contributed by atoms with Crippen LogP contribution in [-0.4, -0.2) is 0 Å². The van der Waals surface area contributed by atoms with Gasteiger partial charge >= 0.3 is 0 Å². The number of nitrogens with zero attached hydrogens (tertiary/aromatic N) is 2. The first kappa shape index (κ1) is 32.7. The minimum absolute atomic E-state index is 1.09. The Kier molecular flexibility index (Phi) is 8.40. The molecule has 0 aliphatic heterocycles. The summed E-state index contributed by atoms with van der Waals surface area (Å²) in [4.78, 5) is 4.85. The van der Waals surface area contributed by atoms with Crippen LogP contribution in [0.15, 0.2) is 218 Å². The molecule has 0 spiro atoms. The molecule has 1 heterocycles. The Morgan fingerprint density at radius 2 is 0.745 bits per heavy atom. The standard InChI is InChI=1S/C52H36N2S/c1-5-17-37(18-6-1)39-23-15-29-45(31-39)53(43-25-9-3-10-26-43)47-35-49(52-48-33-41-21-13-14-22-42(41)34-50(48)55-51(52)36-47)54(44-27-11-4-12-28-44)46-30-16-24-40(32-46)38-19-7-2-8-20-38/h1-36H. The Bertz CT molecular complexity index is 2920. The summed E-state index contributed by atoms with van der Waals surface area (Å²) in [6, 6.07) is 78.9. The zero-order valence-corrected chi connectivity index (χ0v) is 30.9. The molecule has 0 unspecified atom stereocenters. The van der Waals surface area contributed by atoms with Crippen molar-refractivity contribution in [1.29, 1.82) is 0 Å². The van der Waals surface area contributed by atoms with Gasteiger partial charge < -0.3 is 9.80 Å². The fourth-order valence-corrected chi connectivity index (χ4v) is 8.99. The van der Waals surface area contributed by atoms with E-state index in [9.17, 15) is 0 Å². The largest absolute Gasteiger partial charge is 0.310 e. The molecule has 0 fully saturated rings. The summed E-state index contributed by atoms with van der Waals surface area (Å²) >= 11 is 1.87. The highest BCUT2D eigenvalue weighted by atomic mass is 32.1. The fourth-order valence-electron chi connectivity index (χ4n) is 7.80. The summed E-state index contributed by atoms with van der Waals surface area (Å²) < 4.78 is 2.51. The normalized spacial score (nSPS) is 11.3. The van der Waals surface area contributed by atoms with Gasteiger partial charge in [-0.05, 0) is 106 Å². The molecule has 0 radical (unpaired) electrons. The third kappa shape index (κ3) is 6.21. The summed E-state index contributed by atoms with van der Waals surface area (Å²) in [7, 11) is 0. The van der Waals surface area contributed by atoms with E-state index in [1.54, 1.807) is 0 Å². The number of para-hydroxylation sites is 2. The third-order valence-electron chi connectivity index (χ3n) is 10.4. The van der Waals surface area contributed by atoms with Crippen LogP contribution in [0.2, 0.25) is 0 Å². The topological polar surface area (TPSA) is 6.48 Å². The Morgan fingerprint density at radius 3 is 1.33 bits per heavy atom. The van der Waals surface area contributed by atoms with Gasteiger partial charge in [-0.25, -0.2) is 0 Å². The van der Waals surface area contributed by atoms with Gasteiger partial charge in [0.2, 0.25) is 0 Å². The molecule has 0 bridgehead atoms. The Morgan fingerprint density at radius 1 is 0.291 bits per heavy atom. The monoisotopic (exact) mass is 720 g/mol. The maximum absolute atomic E-state index is 2.45. The predicted molar refractivity (Wildman–Crippen MR) is 237 cm³/mol. The van der Waals surface area contributed by atoms with Gasteiger partial charge in [0.15, 0.2) is 0 Å². The van der Waals surface area contributed by atoms with Gasteiger partial charge in [-0.3, -0.25) is 0 Å². The Hall–Kier alpha value is -6.94. The smallest absolute Gasteiger partial charge is 0.0575 e. The molecule has 0 saturated carbocycles. The van der Waals surface area contributed by atoms with Crippen molar-refractivity contribution in [3.63, 3.8) is 0 Å². The van der Waals surface area contributed by atoms with Crippen LogP contribution in [-0.2, 0) is 0 Å². The second-order valence-electron chi connectivity index (χ2n) is 13.8. The second-order valence-corrected chi connectivity index (χ2v) is 14.9. The van der Waals surface area contributed by atoms with Crippen LogP contribution in [0.5, 0.6) is 0 Å². The van der Waals surface area contributed by atoms with E-state index in [2.05, 4.69) is 228 Å². The molecule has 55 heavy (non-hydrogen) atoms. The Labute approximate surface area is 325 Å². The third-order valence-corrected chi connectivity index (χ3v) is 11.5. The van der Waals surface area contributed by atoms with Gasteiger partial charge in [-0.2, -0.15) is 0 Å². The summed E-state index contributed by atoms with van der Waals surface area (Å²) in [5, 5.41) is 5.00. The first-order valence-corrected chi connectivity index (χ1v) is 19.5. The van der Waals surface area contributed by atoms with Gasteiger partial charge in [0, 0.05) is 48.6 Å². The van der Waals surface area contributed by atoms with Crippen LogP contribution in [0.4, 0.5) is 34.1 Å². The lowest BCUT2D eigenvalue weighted by Crippen LogP contribution is -2.13. The molecule has 0 N–H and O–H groups in total. The van der Waals surface area contributed by atoms with Crippen molar-refractivity contribution in [1.82, 2.24) is 0 Å². The van der Waals surface area contributed by atoms with Gasteiger partial charge in [-0.1, -0.05) is 146 Å². The lowest BCUT2D eigenvalue weighted by molar-refractivity contribution is 1.26. The number of thiophene rings is 1. The van der Waals surface area contributed by atoms with E-state index in [1.807, 2.05) is 11.3 Å². The van der Waals surface area contributed by atoms with Crippen molar-refractivity contribution in [3.05, 3.63) is 218 Å². The van der Waals surface area contributed by atoms with E-state index in [-0.39, 0.29) is 0 Å². The van der Waals surface area contributed by atoms with Crippen LogP contribution in [0.25, 0.3) is 53.2 Å². The molecule has 10 rings (SSSR count). The van der Waals surface area contributed by atoms with Crippen LogP contribution < -0.4 is 9.80 Å². The highest BCUT2D eigenvalue weighted by Crippen LogP contribution is 2.50. The number of benzene rings is 9. The van der Waals surface area contributed by atoms with Crippen molar-refractivity contribution >= 4 is 76.4 Å². The fraction of sp³-hybridized carbons (Fsp3) is 0. The highest BCUT2D eigenvalue weighted by molar-refractivity contribution is 7.26. The second kappa shape index (κ2) is 14.1. The quantitative estimate of drug-likeness (QED) is 0.154. The van der Waals surface area contributed by atoms with Gasteiger partial charge in [-0.15, -0.1) is 11.3 Å². The van der Waals surface area contributed by atoms with E-state index in [4.69, 9.17) is 0 Å². The van der Waals surface area contributed by atoms with Crippen LogP contribution >= 0.6 is 11.3 Å². The average molecular weight is 721 g/mol. The number of hydrogen-bond acceptors (Lipinski definition) is 3. The molecule has 3 heteroatoms. The molecular weight excluding hydrogens is 685 g/mol. The molecule has 0 aliphatic rings. The first-order valence-electron chi connectivity index (χ1n) is 18.7.